The summed E-state index contributed by atoms with van der Waals surface area (Å²) in [6, 6.07) is 13.0. The molecule has 2 aromatic carbocycles. The molecule has 0 radical (unpaired) electrons. The summed E-state index contributed by atoms with van der Waals surface area (Å²) < 4.78 is 40.7. The van der Waals surface area contributed by atoms with Crippen molar-refractivity contribution in [3.05, 3.63) is 70.7 Å². The maximum Gasteiger partial charge on any atom is 0.416 e. The van der Waals surface area contributed by atoms with E-state index in [1.54, 1.807) is 12.3 Å². The number of para-hydroxylation sites is 1. The molecule has 0 saturated heterocycles. The number of alkyl halides is 3. The number of amides is 1. The molecule has 5 aromatic rings. The summed E-state index contributed by atoms with van der Waals surface area (Å²) >= 11 is 2.37. The van der Waals surface area contributed by atoms with E-state index in [2.05, 4.69) is 25.5 Å². The number of rotatable bonds is 6. The Balaban J connectivity index is 1.21. The SMILES string of the molecule is Cn1c2ccccc2c2nnc(SCC(=O)Nc3ncc(Cc4cccc(C(F)(F)F)c4)s3)nc21. The van der Waals surface area contributed by atoms with Gasteiger partial charge in [0.05, 0.1) is 16.8 Å². The lowest BCUT2D eigenvalue weighted by Crippen LogP contribution is -2.14. The number of aryl methyl sites for hydroxylation is 1. The molecule has 0 aliphatic heterocycles. The average molecular weight is 515 g/mol. The van der Waals surface area contributed by atoms with Crippen LogP contribution in [0.3, 0.4) is 0 Å². The average Bonchev–Trinajstić information content (AvgIpc) is 3.39. The van der Waals surface area contributed by atoms with E-state index < -0.39 is 11.7 Å². The van der Waals surface area contributed by atoms with E-state index in [0.29, 0.717) is 27.0 Å². The van der Waals surface area contributed by atoms with Gasteiger partial charge < -0.3 is 9.88 Å². The van der Waals surface area contributed by atoms with Gasteiger partial charge in [-0.2, -0.15) is 13.2 Å². The van der Waals surface area contributed by atoms with Gasteiger partial charge in [0.2, 0.25) is 11.1 Å². The number of fused-ring (bicyclic) bond motifs is 3. The van der Waals surface area contributed by atoms with E-state index in [4.69, 9.17) is 0 Å². The number of aromatic nitrogens is 5. The molecule has 1 amide bonds. The fraction of sp³-hybridized carbons (Fsp3) is 0.174. The summed E-state index contributed by atoms with van der Waals surface area (Å²) in [6.45, 7) is 0. The monoisotopic (exact) mass is 514 g/mol. The molecule has 0 saturated carbocycles. The zero-order valence-corrected chi connectivity index (χ0v) is 19.8. The highest BCUT2D eigenvalue weighted by Crippen LogP contribution is 2.31. The molecule has 35 heavy (non-hydrogen) atoms. The van der Waals surface area contributed by atoms with Crippen LogP contribution in [0.25, 0.3) is 22.1 Å². The summed E-state index contributed by atoms with van der Waals surface area (Å²) in [7, 11) is 1.90. The van der Waals surface area contributed by atoms with Crippen molar-refractivity contribution >= 4 is 56.2 Å². The van der Waals surface area contributed by atoms with Crippen LogP contribution < -0.4 is 5.32 Å². The minimum atomic E-state index is -4.39. The van der Waals surface area contributed by atoms with Gasteiger partial charge in [0.15, 0.2) is 10.8 Å². The van der Waals surface area contributed by atoms with Crippen molar-refractivity contribution in [2.75, 3.05) is 11.1 Å². The summed E-state index contributed by atoms with van der Waals surface area (Å²) in [5, 5.41) is 12.9. The number of carbonyl (C=O) groups is 1. The van der Waals surface area contributed by atoms with Crippen molar-refractivity contribution < 1.29 is 18.0 Å². The van der Waals surface area contributed by atoms with Crippen molar-refractivity contribution in [3.63, 3.8) is 0 Å². The number of anilines is 1. The van der Waals surface area contributed by atoms with Gasteiger partial charge in [-0.1, -0.05) is 48.2 Å². The molecule has 3 heterocycles. The van der Waals surface area contributed by atoms with Crippen molar-refractivity contribution in [1.82, 2.24) is 24.7 Å². The molecule has 7 nitrogen and oxygen atoms in total. The molecule has 0 atom stereocenters. The van der Waals surface area contributed by atoms with Crippen LogP contribution in [0, 0.1) is 0 Å². The highest BCUT2D eigenvalue weighted by atomic mass is 32.2. The Morgan fingerprint density at radius 1 is 1.14 bits per heavy atom. The second kappa shape index (κ2) is 9.27. The number of carbonyl (C=O) groups excluding carboxylic acids is 1. The van der Waals surface area contributed by atoms with Crippen LogP contribution in [0.4, 0.5) is 18.3 Å². The van der Waals surface area contributed by atoms with Gasteiger partial charge in [-0.25, -0.2) is 9.97 Å². The maximum atomic E-state index is 12.9. The van der Waals surface area contributed by atoms with Crippen LogP contribution in [0.5, 0.6) is 0 Å². The molecule has 0 fully saturated rings. The predicted octanol–water partition coefficient (Wildman–Crippen LogP) is 5.31. The number of thiazole rings is 1. The number of nitrogens with zero attached hydrogens (tertiary/aromatic N) is 5. The Hall–Kier alpha value is -3.51. The number of hydrogen-bond acceptors (Lipinski definition) is 7. The summed E-state index contributed by atoms with van der Waals surface area (Å²) in [5.41, 5.74) is 2.21. The molecule has 178 valence electrons. The van der Waals surface area contributed by atoms with E-state index >= 15 is 0 Å². The zero-order valence-electron chi connectivity index (χ0n) is 18.2. The molecule has 0 spiro atoms. The number of nitrogens with one attached hydrogen (secondary N) is 1. The lowest BCUT2D eigenvalue weighted by atomic mass is 10.1. The van der Waals surface area contributed by atoms with Crippen LogP contribution in [-0.2, 0) is 24.4 Å². The third-order valence-electron chi connectivity index (χ3n) is 5.25. The zero-order chi connectivity index (χ0) is 24.6. The number of hydrogen-bond donors (Lipinski definition) is 1. The molecular weight excluding hydrogens is 497 g/mol. The molecule has 3 aromatic heterocycles. The lowest BCUT2D eigenvalue weighted by Gasteiger charge is -2.07. The Morgan fingerprint density at radius 3 is 2.80 bits per heavy atom. The molecule has 0 unspecified atom stereocenters. The Bertz CT molecular complexity index is 1550. The molecule has 1 N–H and O–H groups in total. The number of thioether (sulfide) groups is 1. The van der Waals surface area contributed by atoms with Gasteiger partial charge in [0.1, 0.15) is 5.52 Å². The lowest BCUT2D eigenvalue weighted by molar-refractivity contribution is -0.137. The summed E-state index contributed by atoms with van der Waals surface area (Å²) in [6.07, 6.45) is -2.55. The molecule has 12 heteroatoms. The van der Waals surface area contributed by atoms with Crippen molar-refractivity contribution in [1.29, 1.82) is 0 Å². The fourth-order valence-electron chi connectivity index (χ4n) is 3.64. The predicted molar refractivity (Wildman–Crippen MR) is 130 cm³/mol. The standard InChI is InChI=1S/C23H17F3N6OS2/c1-32-17-8-3-2-7-16(17)19-20(32)29-22(31-30-19)34-12-18(33)28-21-27-11-15(35-21)10-13-5-4-6-14(9-13)23(24,25)26/h2-9,11H,10,12H2,1H3,(H,27,28,33). The van der Waals surface area contributed by atoms with Gasteiger partial charge in [0, 0.05) is 29.9 Å². The first-order valence-corrected chi connectivity index (χ1v) is 12.2. The largest absolute Gasteiger partial charge is 0.416 e. The van der Waals surface area contributed by atoms with Crippen molar-refractivity contribution in [2.24, 2.45) is 7.05 Å². The second-order valence-electron chi connectivity index (χ2n) is 7.69. The van der Waals surface area contributed by atoms with Crippen LogP contribution in [0.2, 0.25) is 0 Å². The van der Waals surface area contributed by atoms with Gasteiger partial charge >= 0.3 is 6.18 Å². The molecule has 0 aliphatic carbocycles. The van der Waals surface area contributed by atoms with Crippen LogP contribution >= 0.6 is 23.1 Å². The van der Waals surface area contributed by atoms with Crippen molar-refractivity contribution in [3.8, 4) is 0 Å². The smallest absolute Gasteiger partial charge is 0.327 e. The van der Waals surface area contributed by atoms with Crippen LogP contribution in [0.1, 0.15) is 16.0 Å². The van der Waals surface area contributed by atoms with Gasteiger partial charge in [-0.3, -0.25) is 4.79 Å². The summed E-state index contributed by atoms with van der Waals surface area (Å²) in [4.78, 5) is 21.9. The Labute approximate surface area is 205 Å². The quantitative estimate of drug-likeness (QED) is 0.309. The second-order valence-corrected chi connectivity index (χ2v) is 9.74. The first-order valence-electron chi connectivity index (χ1n) is 10.4. The Kier molecular flexibility index (Phi) is 6.15. The van der Waals surface area contributed by atoms with Gasteiger partial charge in [0.25, 0.3) is 0 Å². The molecule has 5 rings (SSSR count). The maximum absolute atomic E-state index is 12.9. The third-order valence-corrected chi connectivity index (χ3v) is 7.00. The van der Waals surface area contributed by atoms with Crippen LogP contribution in [0.15, 0.2) is 59.9 Å². The first-order chi connectivity index (χ1) is 16.8. The van der Waals surface area contributed by atoms with E-state index in [0.717, 1.165) is 39.7 Å². The summed E-state index contributed by atoms with van der Waals surface area (Å²) in [5.74, 6) is -0.240. The van der Waals surface area contributed by atoms with E-state index in [9.17, 15) is 18.0 Å². The topological polar surface area (TPSA) is 85.6 Å². The van der Waals surface area contributed by atoms with E-state index in [-0.39, 0.29) is 18.1 Å². The molecule has 0 aliphatic rings. The highest BCUT2D eigenvalue weighted by molar-refractivity contribution is 7.99. The highest BCUT2D eigenvalue weighted by Gasteiger charge is 2.30. The van der Waals surface area contributed by atoms with Crippen molar-refractivity contribution in [2.45, 2.75) is 17.8 Å². The minimum absolute atomic E-state index is 0.0552. The van der Waals surface area contributed by atoms with E-state index in [1.807, 2.05) is 35.9 Å². The van der Waals surface area contributed by atoms with Gasteiger partial charge in [-0.05, 0) is 17.7 Å². The first kappa shape index (κ1) is 23.2. The van der Waals surface area contributed by atoms with Gasteiger partial charge in [-0.15, -0.1) is 21.5 Å². The number of benzene rings is 2. The van der Waals surface area contributed by atoms with E-state index in [1.165, 1.54) is 17.4 Å². The molecular formula is C23H17F3N6OS2. The third kappa shape index (κ3) is 4.98. The number of halogens is 3. The Morgan fingerprint density at radius 2 is 1.97 bits per heavy atom. The van der Waals surface area contributed by atoms with Crippen LogP contribution in [-0.4, -0.2) is 36.4 Å². The normalized spacial score (nSPS) is 11.9. The fourth-order valence-corrected chi connectivity index (χ4v) is 5.09. The minimum Gasteiger partial charge on any atom is -0.327 e. The molecule has 0 bridgehead atoms.